The molecule has 0 N–H and O–H groups in total. The van der Waals surface area contributed by atoms with Gasteiger partial charge in [-0.15, -0.1) is 0 Å². The van der Waals surface area contributed by atoms with Gasteiger partial charge >= 0.3 is 0 Å². The van der Waals surface area contributed by atoms with E-state index in [9.17, 15) is 0 Å². The molecule has 84 heteroatoms. The quantitative estimate of drug-likeness (QED) is 0.316. The molecule has 0 radical (unpaired) electrons. The Hall–Kier alpha value is 57.8. The van der Waals surface area contributed by atoms with Crippen molar-refractivity contribution in [3.63, 3.8) is 0 Å². The minimum Gasteiger partial charge on any atom is 0 e. The standard InChI is InChI=1S/84W. The molecule has 0 amide bonds. The van der Waals surface area contributed by atoms with Gasteiger partial charge in [0.25, 0.3) is 0 Å². The molecule has 0 nitrogen and oxygen atoms in total. The molecule has 504 valence electrons. The van der Waals surface area contributed by atoms with E-state index in [1.807, 2.05) is 0 Å². The van der Waals surface area contributed by atoms with Crippen LogP contribution in [-0.2, 0) is 1770 Å². The number of rotatable bonds is 0. The summed E-state index contributed by atoms with van der Waals surface area (Å²) in [4.78, 5) is 0. The van der Waals surface area contributed by atoms with Gasteiger partial charge in [0.1, 0.15) is 0 Å². The van der Waals surface area contributed by atoms with Gasteiger partial charge in [0, 0.05) is 1770 Å². The molecule has 0 saturated carbocycles. The van der Waals surface area contributed by atoms with E-state index in [1.54, 1.807) is 0 Å². The topological polar surface area (TPSA) is 0 Å². The predicted octanol–water partition coefficient (Wildman–Crippen LogP) is -0.210. The first-order valence-electron chi connectivity index (χ1n) is 0. The summed E-state index contributed by atoms with van der Waals surface area (Å²) in [5.41, 5.74) is 0. The van der Waals surface area contributed by atoms with E-state index < -0.39 is 0 Å². The zero-order valence-electron chi connectivity index (χ0n) is 34.3. The summed E-state index contributed by atoms with van der Waals surface area (Å²) in [6.45, 7) is 0. The van der Waals surface area contributed by atoms with Crippen LogP contribution in [0, 0.1) is 0 Å². The Morgan fingerprint density at radius 2 is 0.0119 bits per heavy atom. The van der Waals surface area contributed by atoms with Crippen LogP contribution in [0.15, 0.2) is 0 Å². The molecule has 0 aromatic heterocycles. The fourth-order valence-electron chi connectivity index (χ4n) is 0. The van der Waals surface area contributed by atoms with Crippen molar-refractivity contribution < 1.29 is 1770 Å². The van der Waals surface area contributed by atoms with Gasteiger partial charge in [0.05, 0.1) is 0 Å². The molecule has 0 bridgehead atoms. The van der Waals surface area contributed by atoms with Gasteiger partial charge in [-0.3, -0.25) is 0 Å². The summed E-state index contributed by atoms with van der Waals surface area (Å²) in [6, 6.07) is 0. The van der Waals surface area contributed by atoms with Crippen LogP contribution in [0.4, 0.5) is 0 Å². The molecule has 0 spiro atoms. The summed E-state index contributed by atoms with van der Waals surface area (Å²) in [5.74, 6) is 0. The van der Waals surface area contributed by atoms with E-state index in [1.165, 1.54) is 0 Å². The van der Waals surface area contributed by atoms with Crippen molar-refractivity contribution in [3.05, 3.63) is 0 Å². The van der Waals surface area contributed by atoms with E-state index in [-0.39, 0.29) is 1770 Å². The first kappa shape index (κ1) is 841. The van der Waals surface area contributed by atoms with Gasteiger partial charge in [-0.1, -0.05) is 0 Å². The van der Waals surface area contributed by atoms with Crippen molar-refractivity contribution in [3.8, 4) is 0 Å². The fourth-order valence-corrected chi connectivity index (χ4v) is 0. The van der Waals surface area contributed by atoms with E-state index in [4.69, 9.17) is 0 Å². The van der Waals surface area contributed by atoms with Gasteiger partial charge in [-0.2, -0.15) is 0 Å². The summed E-state index contributed by atoms with van der Waals surface area (Å²) in [7, 11) is 0. The van der Waals surface area contributed by atoms with Gasteiger partial charge in [-0.25, -0.2) is 0 Å². The van der Waals surface area contributed by atoms with Crippen LogP contribution in [0.5, 0.6) is 0 Å². The van der Waals surface area contributed by atoms with Crippen LogP contribution >= 0.6 is 0 Å². The van der Waals surface area contributed by atoms with Crippen molar-refractivity contribution in [2.75, 3.05) is 0 Å². The van der Waals surface area contributed by atoms with Crippen molar-refractivity contribution >= 4 is 0 Å². The zero-order chi connectivity index (χ0) is 0. The molecule has 0 unspecified atom stereocenters. The molecule has 0 atom stereocenters. The van der Waals surface area contributed by atoms with Crippen molar-refractivity contribution in [1.82, 2.24) is 0 Å². The Bertz CT molecular complexity index is 0. The van der Waals surface area contributed by atoms with E-state index >= 15 is 0 Å². The molecule has 0 aliphatic rings. The Kier molecular flexibility index (Phi) is 8250. The van der Waals surface area contributed by atoms with Crippen molar-refractivity contribution in [2.45, 2.75) is 0 Å². The molecule has 0 aromatic carbocycles. The van der Waals surface area contributed by atoms with Crippen molar-refractivity contribution in [2.24, 2.45) is 0 Å². The average Bonchev–Trinajstić information content (AvgIpc) is 0. The van der Waals surface area contributed by atoms with Gasteiger partial charge in [0.15, 0.2) is 0 Å². The maximum atomic E-state index is 0. The molecular weight excluding hydrogens is 15400 g/mol. The molecule has 0 fully saturated rings. The second kappa shape index (κ2) is 823. The third-order valence-corrected chi connectivity index (χ3v) is 0. The maximum absolute atomic E-state index is 0. The molecule has 0 aromatic rings. The smallest absolute Gasteiger partial charge is 0 e. The van der Waals surface area contributed by atoms with Gasteiger partial charge in [-0.05, 0) is 0 Å². The molecule has 0 rings (SSSR count). The minimum absolute atomic E-state index is 0. The summed E-state index contributed by atoms with van der Waals surface area (Å²) >= 11 is 0. The second-order valence-corrected chi connectivity index (χ2v) is 0. The SMILES string of the molecule is [W].[W].[W].[W].[W].[W].[W].[W].[W].[W].[W].[W].[W].[W].[W].[W].[W].[W].[W].[W].[W].[W].[W].[W].[W].[W].[W].[W].[W].[W].[W].[W].[W].[W].[W].[W].[W].[W].[W].[W].[W].[W].[W].[W].[W].[W].[W].[W].[W].[W].[W].[W].[W].[W].[W].[W].[W].[W].[W].[W].[W].[W].[W].[W].[W].[W].[W].[W].[W].[W].[W].[W].[W].[W].[W].[W].[W].[W].[W].[W].[W].[W].[W].[W]. The van der Waals surface area contributed by atoms with E-state index in [2.05, 4.69) is 0 Å². The first-order valence-corrected chi connectivity index (χ1v) is 0. The van der Waals surface area contributed by atoms with E-state index in [0.717, 1.165) is 0 Å². The molecular formula is W84. The van der Waals surface area contributed by atoms with Crippen LogP contribution in [0.25, 0.3) is 0 Å². The van der Waals surface area contributed by atoms with Gasteiger partial charge < -0.3 is 0 Å². The van der Waals surface area contributed by atoms with Crippen LogP contribution in [0.1, 0.15) is 0 Å². The molecule has 0 aliphatic carbocycles. The van der Waals surface area contributed by atoms with Crippen LogP contribution in [0.2, 0.25) is 0 Å². The normalized spacial score (nSPS) is 0. The number of hydrogen-bond acceptors (Lipinski definition) is 0. The predicted molar refractivity (Wildman–Crippen MR) is 0 cm³/mol. The van der Waals surface area contributed by atoms with Crippen LogP contribution < -0.4 is 0 Å². The van der Waals surface area contributed by atoms with Crippen LogP contribution in [-0.4, -0.2) is 0 Å². The number of hydrogen-bond donors (Lipinski definition) is 0. The monoisotopic (exact) mass is 15500 g/mol. The maximum Gasteiger partial charge on any atom is 0 e. The third kappa shape index (κ3) is 806. The Labute approximate surface area is 1710 Å². The minimum atomic E-state index is 0. The zero-order valence-corrected chi connectivity index (χ0v) is 281. The molecule has 0 heterocycles. The van der Waals surface area contributed by atoms with Crippen molar-refractivity contribution in [1.29, 1.82) is 0 Å². The second-order valence-electron chi connectivity index (χ2n) is 0. The molecule has 0 aliphatic heterocycles. The van der Waals surface area contributed by atoms with Gasteiger partial charge in [0.2, 0.25) is 0 Å². The molecule has 84 heavy (non-hydrogen) atoms. The Morgan fingerprint density at radius 3 is 0.0119 bits per heavy atom. The summed E-state index contributed by atoms with van der Waals surface area (Å²) < 4.78 is 0. The summed E-state index contributed by atoms with van der Waals surface area (Å²) in [6.07, 6.45) is 0. The Morgan fingerprint density at radius 1 is 0.0119 bits per heavy atom. The molecule has 0 saturated heterocycles. The third-order valence-electron chi connectivity index (χ3n) is 0. The average molecular weight is 15400 g/mol. The largest absolute Gasteiger partial charge is 0 e. The Balaban J connectivity index is 0. The fraction of sp³-hybridized carbons (Fsp3) is 0. The summed E-state index contributed by atoms with van der Waals surface area (Å²) in [5, 5.41) is 0. The first-order chi connectivity index (χ1) is 0. The van der Waals surface area contributed by atoms with Crippen LogP contribution in [0.3, 0.4) is 0 Å². The van der Waals surface area contributed by atoms with E-state index in [0.29, 0.717) is 0 Å².